The van der Waals surface area contributed by atoms with E-state index in [1.165, 1.54) is 6.20 Å². The molecule has 0 radical (unpaired) electrons. The zero-order valence-corrected chi connectivity index (χ0v) is 13.4. The summed E-state index contributed by atoms with van der Waals surface area (Å²) in [5, 5.41) is -0.0954. The maximum Gasteiger partial charge on any atom is 0.280 e. The lowest BCUT2D eigenvalue weighted by Crippen LogP contribution is -2.10. The summed E-state index contributed by atoms with van der Waals surface area (Å²) in [6, 6.07) is 0. The highest BCUT2D eigenvalue weighted by Crippen LogP contribution is 2.15. The third kappa shape index (κ3) is 5.78. The van der Waals surface area contributed by atoms with Crippen LogP contribution in [-0.2, 0) is 31.5 Å². The van der Waals surface area contributed by atoms with Crippen molar-refractivity contribution in [3.05, 3.63) is 12.0 Å². The predicted molar refractivity (Wildman–Crippen MR) is 76.6 cm³/mol. The largest absolute Gasteiger partial charge is 0.385 e. The van der Waals surface area contributed by atoms with Crippen molar-refractivity contribution < 1.29 is 17.9 Å². The molecule has 0 amide bonds. The van der Waals surface area contributed by atoms with Crippen molar-refractivity contribution in [3.63, 3.8) is 0 Å². The van der Waals surface area contributed by atoms with Crippen molar-refractivity contribution in [1.82, 2.24) is 9.55 Å². The van der Waals surface area contributed by atoms with E-state index in [1.54, 1.807) is 11.7 Å². The van der Waals surface area contributed by atoms with Crippen molar-refractivity contribution in [2.24, 2.45) is 0 Å². The van der Waals surface area contributed by atoms with Crippen LogP contribution in [0.2, 0.25) is 0 Å². The van der Waals surface area contributed by atoms with Gasteiger partial charge in [-0.05, 0) is 12.8 Å². The van der Waals surface area contributed by atoms with Gasteiger partial charge in [0.25, 0.3) is 9.05 Å². The van der Waals surface area contributed by atoms with Crippen LogP contribution in [-0.4, -0.2) is 44.9 Å². The predicted octanol–water partition coefficient (Wildman–Crippen LogP) is 1.82. The van der Waals surface area contributed by atoms with Gasteiger partial charge in [-0.25, -0.2) is 13.4 Å². The molecule has 116 valence electrons. The van der Waals surface area contributed by atoms with Crippen molar-refractivity contribution >= 4 is 19.7 Å². The first kappa shape index (κ1) is 17.4. The van der Waals surface area contributed by atoms with Crippen LogP contribution in [0.15, 0.2) is 11.2 Å². The molecule has 20 heavy (non-hydrogen) atoms. The average molecular weight is 325 g/mol. The summed E-state index contributed by atoms with van der Waals surface area (Å²) in [5.41, 5.74) is 0. The highest BCUT2D eigenvalue weighted by molar-refractivity contribution is 8.13. The summed E-state index contributed by atoms with van der Waals surface area (Å²) < 4.78 is 34.8. The molecule has 6 nitrogen and oxygen atoms in total. The van der Waals surface area contributed by atoms with Crippen molar-refractivity contribution in [2.45, 2.75) is 37.8 Å². The molecule has 0 saturated heterocycles. The zero-order valence-electron chi connectivity index (χ0n) is 11.8. The van der Waals surface area contributed by atoms with E-state index in [0.29, 0.717) is 38.6 Å². The second kappa shape index (κ2) is 8.61. The zero-order chi connectivity index (χ0) is 15.0. The molecule has 0 aliphatic heterocycles. The molecule has 0 fully saturated rings. The van der Waals surface area contributed by atoms with Crippen LogP contribution in [0.5, 0.6) is 0 Å². The average Bonchev–Trinajstić information content (AvgIpc) is 2.77. The van der Waals surface area contributed by atoms with Crippen LogP contribution < -0.4 is 0 Å². The molecule has 1 rings (SSSR count). The maximum absolute atomic E-state index is 11.3. The molecule has 0 saturated carbocycles. The van der Waals surface area contributed by atoms with Gasteiger partial charge >= 0.3 is 0 Å². The normalized spacial score (nSPS) is 11.9. The monoisotopic (exact) mass is 324 g/mol. The van der Waals surface area contributed by atoms with Crippen LogP contribution >= 0.6 is 10.7 Å². The maximum atomic E-state index is 11.3. The van der Waals surface area contributed by atoms with Crippen LogP contribution in [0.4, 0.5) is 0 Å². The Balaban J connectivity index is 2.57. The summed E-state index contributed by atoms with van der Waals surface area (Å²) in [4.78, 5) is 4.07. The van der Waals surface area contributed by atoms with Crippen LogP contribution in [0.25, 0.3) is 0 Å². The lowest BCUT2D eigenvalue weighted by Gasteiger charge is -2.07. The Hall–Kier alpha value is -0.630. The minimum atomic E-state index is -3.78. The quantitative estimate of drug-likeness (QED) is 0.485. The standard InChI is InChI=1S/C12H21ClN2O4S/c1-3-5-11-14-12(20(13,16)17)10-15(11)6-9-19-8-4-7-18-2/h10H,3-9H2,1-2H3. The number of aromatic nitrogens is 2. The van der Waals surface area contributed by atoms with Gasteiger partial charge in [-0.15, -0.1) is 0 Å². The first-order valence-electron chi connectivity index (χ1n) is 6.56. The topological polar surface area (TPSA) is 70.4 Å². The number of imidazole rings is 1. The van der Waals surface area contributed by atoms with Crippen LogP contribution in [0.3, 0.4) is 0 Å². The summed E-state index contributed by atoms with van der Waals surface area (Å²) in [6.07, 6.45) is 3.89. The Labute approximate surface area is 124 Å². The molecule has 0 unspecified atom stereocenters. The Morgan fingerprint density at radius 2 is 2.10 bits per heavy atom. The Bertz CT molecular complexity index is 502. The highest BCUT2D eigenvalue weighted by Gasteiger charge is 2.17. The Morgan fingerprint density at radius 3 is 2.70 bits per heavy atom. The molecule has 0 N–H and O–H groups in total. The van der Waals surface area contributed by atoms with Crippen LogP contribution in [0.1, 0.15) is 25.6 Å². The number of halogens is 1. The molecule has 1 heterocycles. The molecule has 1 aromatic rings. The van der Waals surface area contributed by atoms with Gasteiger partial charge < -0.3 is 14.0 Å². The number of aryl methyl sites for hydroxylation is 1. The third-order valence-electron chi connectivity index (χ3n) is 2.67. The fourth-order valence-corrected chi connectivity index (χ4v) is 2.42. The van der Waals surface area contributed by atoms with E-state index < -0.39 is 9.05 Å². The van der Waals surface area contributed by atoms with Crippen molar-refractivity contribution in [1.29, 1.82) is 0 Å². The second-order valence-corrected chi connectivity index (χ2v) is 6.85. The number of ether oxygens (including phenoxy) is 2. The van der Waals surface area contributed by atoms with Gasteiger partial charge in [0.2, 0.25) is 0 Å². The minimum Gasteiger partial charge on any atom is -0.385 e. The van der Waals surface area contributed by atoms with Crippen LogP contribution in [0, 0.1) is 0 Å². The number of nitrogens with zero attached hydrogens (tertiary/aromatic N) is 2. The van der Waals surface area contributed by atoms with Crippen molar-refractivity contribution in [3.8, 4) is 0 Å². The lowest BCUT2D eigenvalue weighted by molar-refractivity contribution is 0.0973. The van der Waals surface area contributed by atoms with E-state index in [2.05, 4.69) is 4.98 Å². The molecule has 0 spiro atoms. The first-order chi connectivity index (χ1) is 9.49. The summed E-state index contributed by atoms with van der Waals surface area (Å²) >= 11 is 0. The smallest absolute Gasteiger partial charge is 0.280 e. The minimum absolute atomic E-state index is 0.0954. The molecule has 8 heteroatoms. The van der Waals surface area contributed by atoms with E-state index >= 15 is 0 Å². The van der Waals surface area contributed by atoms with E-state index in [9.17, 15) is 8.42 Å². The SMILES string of the molecule is CCCc1nc(S(=O)(=O)Cl)cn1CCOCCCOC. The molecule has 0 atom stereocenters. The fraction of sp³-hybridized carbons (Fsp3) is 0.750. The molecule has 0 aliphatic carbocycles. The van der Waals surface area contributed by atoms with E-state index in [4.69, 9.17) is 20.2 Å². The van der Waals surface area contributed by atoms with E-state index in [1.807, 2.05) is 6.92 Å². The molecule has 0 bridgehead atoms. The van der Waals surface area contributed by atoms with E-state index in [-0.39, 0.29) is 5.03 Å². The fourth-order valence-electron chi connectivity index (χ4n) is 1.73. The van der Waals surface area contributed by atoms with Crippen molar-refractivity contribution in [2.75, 3.05) is 26.9 Å². The Morgan fingerprint density at radius 1 is 1.35 bits per heavy atom. The second-order valence-electron chi connectivity index (χ2n) is 4.34. The van der Waals surface area contributed by atoms with Gasteiger partial charge in [0.1, 0.15) is 5.82 Å². The van der Waals surface area contributed by atoms with Gasteiger partial charge in [0.05, 0.1) is 6.61 Å². The third-order valence-corrected chi connectivity index (χ3v) is 3.84. The first-order valence-corrected chi connectivity index (χ1v) is 8.87. The van der Waals surface area contributed by atoms with Gasteiger partial charge in [-0.1, -0.05) is 6.92 Å². The summed E-state index contributed by atoms with van der Waals surface area (Å²) in [5.74, 6) is 0.715. The number of methoxy groups -OCH3 is 1. The molecule has 1 aromatic heterocycles. The molecule has 0 aromatic carbocycles. The number of hydrogen-bond acceptors (Lipinski definition) is 5. The van der Waals surface area contributed by atoms with E-state index in [0.717, 1.165) is 12.8 Å². The van der Waals surface area contributed by atoms with Gasteiger partial charge in [-0.2, -0.15) is 0 Å². The highest BCUT2D eigenvalue weighted by atomic mass is 35.7. The molecule has 0 aliphatic rings. The Kier molecular flexibility index (Phi) is 7.50. The summed E-state index contributed by atoms with van der Waals surface area (Å²) in [6.45, 7) is 4.35. The lowest BCUT2D eigenvalue weighted by atomic mass is 10.3. The molecular weight excluding hydrogens is 304 g/mol. The van der Waals surface area contributed by atoms with Gasteiger partial charge in [-0.3, -0.25) is 0 Å². The summed E-state index contributed by atoms with van der Waals surface area (Å²) in [7, 11) is 3.18. The molecular formula is C12H21ClN2O4S. The number of rotatable bonds is 10. The number of hydrogen-bond donors (Lipinski definition) is 0. The van der Waals surface area contributed by atoms with Gasteiger partial charge in [0, 0.05) is 50.2 Å². The van der Waals surface area contributed by atoms with Gasteiger partial charge in [0.15, 0.2) is 5.03 Å².